The summed E-state index contributed by atoms with van der Waals surface area (Å²) in [6.07, 6.45) is 3.57. The van der Waals surface area contributed by atoms with E-state index in [4.69, 9.17) is 0 Å². The number of aryl methyl sites for hydroxylation is 1. The molecule has 0 unspecified atom stereocenters. The smallest absolute Gasteiger partial charge is 0.253 e. The molecule has 0 bridgehead atoms. The number of likely N-dealkylation sites (tertiary alicyclic amines) is 1. The number of nitrogens with zero attached hydrogens (tertiary/aromatic N) is 1. The van der Waals surface area contributed by atoms with Gasteiger partial charge in [-0.3, -0.25) is 4.79 Å². The lowest BCUT2D eigenvalue weighted by atomic mass is 9.78. The van der Waals surface area contributed by atoms with Crippen molar-refractivity contribution in [2.24, 2.45) is 5.41 Å². The molecule has 2 fully saturated rings. The van der Waals surface area contributed by atoms with Gasteiger partial charge in [-0.2, -0.15) is 0 Å². The Balaban J connectivity index is 0.00000161. The second-order valence-corrected chi connectivity index (χ2v) is 7.35. The molecule has 0 aromatic heterocycles. The Hall–Kier alpha value is -0.330. The average molecular weight is 421 g/mol. The van der Waals surface area contributed by atoms with Crippen LogP contribution in [0.4, 0.5) is 0 Å². The fraction of sp³-hybridized carbons (Fsp3) is 0.562. The van der Waals surface area contributed by atoms with Crippen LogP contribution in [0, 0.1) is 15.9 Å². The molecule has 2 heterocycles. The molecule has 3 rings (SSSR count). The maximum Gasteiger partial charge on any atom is 0.253 e. The molecular weight excluding hydrogens is 399 g/mol. The normalized spacial score (nSPS) is 20.4. The van der Waals surface area contributed by atoms with Crippen LogP contribution in [-0.4, -0.2) is 37.0 Å². The molecule has 21 heavy (non-hydrogen) atoms. The highest BCUT2D eigenvalue weighted by molar-refractivity contribution is 14.1. The Labute approximate surface area is 146 Å². The van der Waals surface area contributed by atoms with Gasteiger partial charge < -0.3 is 10.2 Å². The van der Waals surface area contributed by atoms with Gasteiger partial charge in [-0.25, -0.2) is 0 Å². The molecule has 2 aliphatic rings. The van der Waals surface area contributed by atoms with Crippen molar-refractivity contribution < 1.29 is 4.79 Å². The molecule has 1 amide bonds. The number of nitrogens with one attached hydrogen (secondary N) is 1. The Morgan fingerprint density at radius 2 is 2.00 bits per heavy atom. The van der Waals surface area contributed by atoms with Gasteiger partial charge in [0.1, 0.15) is 0 Å². The van der Waals surface area contributed by atoms with Crippen molar-refractivity contribution in [3.63, 3.8) is 0 Å². The van der Waals surface area contributed by atoms with Crippen LogP contribution in [0.5, 0.6) is 0 Å². The van der Waals surface area contributed by atoms with Gasteiger partial charge in [0.25, 0.3) is 5.91 Å². The van der Waals surface area contributed by atoms with Crippen LogP contribution in [-0.2, 0) is 0 Å². The van der Waals surface area contributed by atoms with Crippen molar-refractivity contribution in [2.75, 3.05) is 26.2 Å². The van der Waals surface area contributed by atoms with Gasteiger partial charge in [-0.05, 0) is 78.4 Å². The van der Waals surface area contributed by atoms with Gasteiger partial charge in [0.15, 0.2) is 0 Å². The quantitative estimate of drug-likeness (QED) is 0.708. The molecule has 0 aliphatic carbocycles. The molecule has 5 heteroatoms. The summed E-state index contributed by atoms with van der Waals surface area (Å²) in [6, 6.07) is 6.02. The van der Waals surface area contributed by atoms with Gasteiger partial charge in [0.05, 0.1) is 0 Å². The highest BCUT2D eigenvalue weighted by Gasteiger charge is 2.38. The number of hydrogen-bond donors (Lipinski definition) is 1. The molecule has 1 N–H and O–H groups in total. The zero-order valence-electron chi connectivity index (χ0n) is 12.3. The van der Waals surface area contributed by atoms with Crippen molar-refractivity contribution in [3.05, 3.63) is 32.9 Å². The highest BCUT2D eigenvalue weighted by Crippen LogP contribution is 2.37. The van der Waals surface area contributed by atoms with Gasteiger partial charge >= 0.3 is 0 Å². The molecule has 3 nitrogen and oxygen atoms in total. The SMILES string of the molecule is Cc1ccc(C(=O)N2CCC3(CCNC3)CC2)cc1I.Cl. The van der Waals surface area contributed by atoms with Gasteiger partial charge in [0, 0.05) is 28.8 Å². The van der Waals surface area contributed by atoms with Crippen molar-refractivity contribution >= 4 is 40.9 Å². The number of halogens is 2. The number of carbonyl (C=O) groups excluding carboxylic acids is 1. The largest absolute Gasteiger partial charge is 0.339 e. The summed E-state index contributed by atoms with van der Waals surface area (Å²) in [5.74, 6) is 0.198. The molecule has 0 saturated carbocycles. The lowest BCUT2D eigenvalue weighted by Gasteiger charge is -2.39. The molecule has 116 valence electrons. The summed E-state index contributed by atoms with van der Waals surface area (Å²) in [6.45, 7) is 6.17. The number of benzene rings is 1. The maximum atomic E-state index is 12.6. The van der Waals surface area contributed by atoms with E-state index in [1.807, 2.05) is 23.1 Å². The minimum Gasteiger partial charge on any atom is -0.339 e. The zero-order chi connectivity index (χ0) is 14.2. The van der Waals surface area contributed by atoms with Crippen LogP contribution in [0.2, 0.25) is 0 Å². The Morgan fingerprint density at radius 1 is 1.29 bits per heavy atom. The Bertz CT molecular complexity index is 519. The summed E-state index contributed by atoms with van der Waals surface area (Å²) < 4.78 is 1.17. The second-order valence-electron chi connectivity index (χ2n) is 6.18. The predicted octanol–water partition coefficient (Wildman–Crippen LogP) is 3.24. The van der Waals surface area contributed by atoms with E-state index >= 15 is 0 Å². The van der Waals surface area contributed by atoms with E-state index in [0.29, 0.717) is 5.41 Å². The summed E-state index contributed by atoms with van der Waals surface area (Å²) in [7, 11) is 0. The maximum absolute atomic E-state index is 12.6. The molecule has 2 saturated heterocycles. The zero-order valence-corrected chi connectivity index (χ0v) is 15.3. The van der Waals surface area contributed by atoms with E-state index in [2.05, 4.69) is 34.8 Å². The fourth-order valence-electron chi connectivity index (χ4n) is 3.31. The highest BCUT2D eigenvalue weighted by atomic mass is 127. The van der Waals surface area contributed by atoms with Crippen LogP contribution in [0.1, 0.15) is 35.2 Å². The van der Waals surface area contributed by atoms with Crippen molar-refractivity contribution in [1.82, 2.24) is 10.2 Å². The van der Waals surface area contributed by atoms with E-state index in [1.54, 1.807) is 0 Å². The molecular formula is C16H22ClIN2O. The van der Waals surface area contributed by atoms with Gasteiger partial charge in [-0.15, -0.1) is 12.4 Å². The number of hydrogen-bond acceptors (Lipinski definition) is 2. The first-order chi connectivity index (χ1) is 9.60. The number of piperidine rings is 1. The molecule has 1 aromatic rings. The summed E-state index contributed by atoms with van der Waals surface area (Å²) in [5, 5.41) is 3.47. The Morgan fingerprint density at radius 3 is 2.57 bits per heavy atom. The molecule has 1 spiro atoms. The van der Waals surface area contributed by atoms with Gasteiger partial charge in [-0.1, -0.05) is 6.07 Å². The van der Waals surface area contributed by atoms with E-state index in [0.717, 1.165) is 44.6 Å². The predicted molar refractivity (Wildman–Crippen MR) is 96.2 cm³/mol. The van der Waals surface area contributed by atoms with Crippen LogP contribution in [0.15, 0.2) is 18.2 Å². The van der Waals surface area contributed by atoms with Crippen LogP contribution >= 0.6 is 35.0 Å². The monoisotopic (exact) mass is 420 g/mol. The lowest BCUT2D eigenvalue weighted by molar-refractivity contribution is 0.0607. The molecule has 0 atom stereocenters. The number of amides is 1. The lowest BCUT2D eigenvalue weighted by Crippen LogP contribution is -2.44. The molecule has 2 aliphatic heterocycles. The summed E-state index contributed by atoms with van der Waals surface area (Å²) >= 11 is 2.30. The third kappa shape index (κ3) is 3.54. The van der Waals surface area contributed by atoms with Crippen molar-refractivity contribution in [1.29, 1.82) is 0 Å². The standard InChI is InChI=1S/C16H21IN2O.ClH/c1-12-2-3-13(10-14(12)17)15(20)19-8-5-16(6-9-19)4-7-18-11-16;/h2-3,10,18H,4-9,11H2,1H3;1H. The van der Waals surface area contributed by atoms with E-state index < -0.39 is 0 Å². The molecule has 0 radical (unpaired) electrons. The van der Waals surface area contributed by atoms with E-state index in [9.17, 15) is 4.79 Å². The van der Waals surface area contributed by atoms with Crippen LogP contribution in [0.25, 0.3) is 0 Å². The summed E-state index contributed by atoms with van der Waals surface area (Å²) in [4.78, 5) is 14.6. The third-order valence-electron chi connectivity index (χ3n) is 4.86. The fourth-order valence-corrected chi connectivity index (χ4v) is 3.83. The topological polar surface area (TPSA) is 32.3 Å². The first-order valence-electron chi connectivity index (χ1n) is 7.36. The summed E-state index contributed by atoms with van der Waals surface area (Å²) in [5.41, 5.74) is 2.54. The molecule has 1 aromatic carbocycles. The van der Waals surface area contributed by atoms with Crippen molar-refractivity contribution in [2.45, 2.75) is 26.2 Å². The van der Waals surface area contributed by atoms with E-state index in [-0.39, 0.29) is 18.3 Å². The van der Waals surface area contributed by atoms with Crippen LogP contribution < -0.4 is 5.32 Å². The van der Waals surface area contributed by atoms with E-state index in [1.165, 1.54) is 15.6 Å². The minimum atomic E-state index is 0. The first kappa shape index (κ1) is 17.0. The second kappa shape index (κ2) is 6.84. The average Bonchev–Trinajstić information content (AvgIpc) is 2.90. The van der Waals surface area contributed by atoms with Crippen LogP contribution in [0.3, 0.4) is 0 Å². The van der Waals surface area contributed by atoms with Gasteiger partial charge in [0.2, 0.25) is 0 Å². The van der Waals surface area contributed by atoms with Crippen molar-refractivity contribution in [3.8, 4) is 0 Å². The number of rotatable bonds is 1. The Kier molecular flexibility index (Phi) is 5.54. The minimum absolute atomic E-state index is 0. The number of carbonyl (C=O) groups is 1. The first-order valence-corrected chi connectivity index (χ1v) is 8.44. The third-order valence-corrected chi connectivity index (χ3v) is 6.02.